The van der Waals surface area contributed by atoms with Crippen LogP contribution in [0.1, 0.15) is 29.3 Å². The molecule has 1 aromatic carbocycles. The molecule has 0 aliphatic heterocycles. The standard InChI is InChI=1S/C12H14BrN3O2S/c1-3-10(17)14-12(19)16-15-11(18)8-5-4-7(2)9(13)6-8/h4-6H,3H2,1-2H3,(H,15,18)(H2,14,16,17,19). The maximum absolute atomic E-state index is 11.8. The Labute approximate surface area is 125 Å². The molecule has 0 aliphatic carbocycles. The number of rotatable bonds is 2. The summed E-state index contributed by atoms with van der Waals surface area (Å²) in [5, 5.41) is 2.48. The Kier molecular flexibility index (Phi) is 5.91. The molecule has 19 heavy (non-hydrogen) atoms. The molecule has 0 unspecified atom stereocenters. The van der Waals surface area contributed by atoms with Crippen molar-refractivity contribution in [3.8, 4) is 0 Å². The highest BCUT2D eigenvalue weighted by Crippen LogP contribution is 2.17. The largest absolute Gasteiger partial charge is 0.302 e. The van der Waals surface area contributed by atoms with E-state index in [1.54, 1.807) is 19.1 Å². The van der Waals surface area contributed by atoms with Crippen LogP contribution in [0, 0.1) is 6.92 Å². The van der Waals surface area contributed by atoms with Crippen molar-refractivity contribution in [1.29, 1.82) is 0 Å². The Morgan fingerprint density at radius 1 is 1.32 bits per heavy atom. The zero-order chi connectivity index (χ0) is 14.4. The number of carbonyl (C=O) groups excluding carboxylic acids is 2. The Bertz CT molecular complexity index is 520. The zero-order valence-electron chi connectivity index (χ0n) is 10.5. The molecule has 1 aromatic rings. The number of amides is 2. The normalized spacial score (nSPS) is 9.63. The van der Waals surface area contributed by atoms with Crippen molar-refractivity contribution in [2.24, 2.45) is 0 Å². The van der Waals surface area contributed by atoms with Crippen molar-refractivity contribution in [2.45, 2.75) is 20.3 Å². The summed E-state index contributed by atoms with van der Waals surface area (Å²) in [5.41, 5.74) is 6.39. The average molecular weight is 344 g/mol. The summed E-state index contributed by atoms with van der Waals surface area (Å²) in [6.45, 7) is 3.64. The molecule has 5 nitrogen and oxygen atoms in total. The summed E-state index contributed by atoms with van der Waals surface area (Å²) in [7, 11) is 0. The van der Waals surface area contributed by atoms with E-state index >= 15 is 0 Å². The van der Waals surface area contributed by atoms with E-state index in [2.05, 4.69) is 32.1 Å². The molecule has 0 fully saturated rings. The molecule has 0 aliphatic rings. The lowest BCUT2D eigenvalue weighted by Gasteiger charge is -2.10. The summed E-state index contributed by atoms with van der Waals surface area (Å²) < 4.78 is 0.849. The number of hydrogen-bond acceptors (Lipinski definition) is 3. The summed E-state index contributed by atoms with van der Waals surface area (Å²) in [5.74, 6) is -0.557. The van der Waals surface area contributed by atoms with E-state index < -0.39 is 0 Å². The summed E-state index contributed by atoms with van der Waals surface area (Å²) >= 11 is 8.20. The molecule has 0 saturated heterocycles. The molecule has 0 atom stereocenters. The highest BCUT2D eigenvalue weighted by molar-refractivity contribution is 9.10. The van der Waals surface area contributed by atoms with Gasteiger partial charge in [-0.15, -0.1) is 0 Å². The number of benzene rings is 1. The van der Waals surface area contributed by atoms with Gasteiger partial charge in [-0.3, -0.25) is 20.4 Å². The van der Waals surface area contributed by atoms with E-state index in [9.17, 15) is 9.59 Å². The van der Waals surface area contributed by atoms with Gasteiger partial charge in [-0.2, -0.15) is 0 Å². The molecule has 3 N–H and O–H groups in total. The quantitative estimate of drug-likeness (QED) is 0.565. The fourth-order valence-corrected chi connectivity index (χ4v) is 1.71. The Hall–Kier alpha value is -1.47. The Morgan fingerprint density at radius 2 is 2.00 bits per heavy atom. The van der Waals surface area contributed by atoms with Crippen LogP contribution in [0.25, 0.3) is 0 Å². The van der Waals surface area contributed by atoms with Gasteiger partial charge in [0.1, 0.15) is 0 Å². The summed E-state index contributed by atoms with van der Waals surface area (Å²) in [4.78, 5) is 22.9. The lowest BCUT2D eigenvalue weighted by molar-refractivity contribution is -0.119. The fourth-order valence-electron chi connectivity index (χ4n) is 1.17. The third-order valence-electron chi connectivity index (χ3n) is 2.30. The summed E-state index contributed by atoms with van der Waals surface area (Å²) in [6.07, 6.45) is 0.320. The summed E-state index contributed by atoms with van der Waals surface area (Å²) in [6, 6.07) is 5.24. The molecule has 0 heterocycles. The second-order valence-electron chi connectivity index (χ2n) is 3.77. The second kappa shape index (κ2) is 7.20. The van der Waals surface area contributed by atoms with E-state index in [1.165, 1.54) is 0 Å². The molecule has 0 bridgehead atoms. The molecule has 102 valence electrons. The van der Waals surface area contributed by atoms with Crippen molar-refractivity contribution in [1.82, 2.24) is 16.2 Å². The van der Waals surface area contributed by atoms with Crippen LogP contribution in [0.3, 0.4) is 0 Å². The van der Waals surface area contributed by atoms with Crippen molar-refractivity contribution >= 4 is 45.1 Å². The predicted molar refractivity (Wildman–Crippen MR) is 80.5 cm³/mol. The first-order valence-corrected chi connectivity index (χ1v) is 6.80. The van der Waals surface area contributed by atoms with Crippen LogP contribution in [0.5, 0.6) is 0 Å². The van der Waals surface area contributed by atoms with Crippen molar-refractivity contribution < 1.29 is 9.59 Å². The van der Waals surface area contributed by atoms with Crippen LogP contribution in [-0.2, 0) is 4.79 Å². The molecule has 7 heteroatoms. The van der Waals surface area contributed by atoms with Crippen molar-refractivity contribution in [3.63, 3.8) is 0 Å². The topological polar surface area (TPSA) is 70.2 Å². The van der Waals surface area contributed by atoms with Gasteiger partial charge in [0, 0.05) is 16.5 Å². The van der Waals surface area contributed by atoms with Gasteiger partial charge in [0.05, 0.1) is 0 Å². The molecule has 0 aromatic heterocycles. The predicted octanol–water partition coefficient (Wildman–Crippen LogP) is 1.80. The van der Waals surface area contributed by atoms with E-state index in [4.69, 9.17) is 12.2 Å². The molecule has 2 amide bonds. The molecule has 0 spiro atoms. The number of halogens is 1. The number of hydrazine groups is 1. The molecule has 1 rings (SSSR count). The van der Waals surface area contributed by atoms with Crippen LogP contribution < -0.4 is 16.2 Å². The number of carbonyl (C=O) groups is 2. The number of hydrogen-bond donors (Lipinski definition) is 3. The van der Waals surface area contributed by atoms with Gasteiger partial charge in [0.2, 0.25) is 5.91 Å². The van der Waals surface area contributed by atoms with Gasteiger partial charge in [0.25, 0.3) is 5.91 Å². The van der Waals surface area contributed by atoms with Crippen molar-refractivity contribution in [3.05, 3.63) is 33.8 Å². The van der Waals surface area contributed by atoms with Crippen LogP contribution in [0.15, 0.2) is 22.7 Å². The van der Waals surface area contributed by atoms with Gasteiger partial charge in [-0.25, -0.2) is 0 Å². The van der Waals surface area contributed by atoms with Gasteiger partial charge < -0.3 is 5.32 Å². The van der Waals surface area contributed by atoms with Crippen LogP contribution >= 0.6 is 28.1 Å². The maximum atomic E-state index is 11.8. The molecular weight excluding hydrogens is 330 g/mol. The number of aryl methyl sites for hydroxylation is 1. The first kappa shape index (κ1) is 15.6. The van der Waals surface area contributed by atoms with E-state index in [1.807, 2.05) is 13.0 Å². The molecule has 0 saturated carbocycles. The Balaban J connectivity index is 2.53. The maximum Gasteiger partial charge on any atom is 0.269 e. The Morgan fingerprint density at radius 3 is 2.58 bits per heavy atom. The lowest BCUT2D eigenvalue weighted by atomic mass is 10.1. The second-order valence-corrected chi connectivity index (χ2v) is 5.04. The minimum absolute atomic E-state index is 0.0615. The van der Waals surface area contributed by atoms with Gasteiger partial charge in [-0.05, 0) is 36.8 Å². The fraction of sp³-hybridized carbons (Fsp3) is 0.250. The van der Waals surface area contributed by atoms with Gasteiger partial charge in [0.15, 0.2) is 5.11 Å². The van der Waals surface area contributed by atoms with E-state index in [0.29, 0.717) is 12.0 Å². The SMILES string of the molecule is CCC(=O)NC(=S)NNC(=O)c1ccc(C)c(Br)c1. The minimum Gasteiger partial charge on any atom is -0.302 e. The van der Waals surface area contributed by atoms with E-state index in [-0.39, 0.29) is 16.9 Å². The van der Waals surface area contributed by atoms with Crippen molar-refractivity contribution in [2.75, 3.05) is 0 Å². The monoisotopic (exact) mass is 343 g/mol. The van der Waals surface area contributed by atoms with Gasteiger partial charge in [-0.1, -0.05) is 28.9 Å². The highest BCUT2D eigenvalue weighted by Gasteiger charge is 2.08. The van der Waals surface area contributed by atoms with Crippen LogP contribution in [0.4, 0.5) is 0 Å². The third-order valence-corrected chi connectivity index (χ3v) is 3.36. The molecule has 0 radical (unpaired) electrons. The average Bonchev–Trinajstić information content (AvgIpc) is 2.39. The van der Waals surface area contributed by atoms with E-state index in [0.717, 1.165) is 10.0 Å². The first-order valence-electron chi connectivity index (χ1n) is 5.60. The zero-order valence-corrected chi connectivity index (χ0v) is 12.9. The third kappa shape index (κ3) is 4.96. The molecular formula is C12H14BrN3O2S. The number of nitrogens with one attached hydrogen (secondary N) is 3. The van der Waals surface area contributed by atoms with Gasteiger partial charge >= 0.3 is 0 Å². The smallest absolute Gasteiger partial charge is 0.269 e. The number of thiocarbonyl (C=S) groups is 1. The highest BCUT2D eigenvalue weighted by atomic mass is 79.9. The lowest BCUT2D eigenvalue weighted by Crippen LogP contribution is -2.48. The first-order chi connectivity index (χ1) is 8.93. The van der Waals surface area contributed by atoms with Crippen LogP contribution in [0.2, 0.25) is 0 Å². The minimum atomic E-state index is -0.339. The van der Waals surface area contributed by atoms with Crippen LogP contribution in [-0.4, -0.2) is 16.9 Å².